The van der Waals surface area contributed by atoms with Crippen molar-refractivity contribution in [2.45, 2.75) is 44.6 Å². The Morgan fingerprint density at radius 1 is 1.25 bits per heavy atom. The van der Waals surface area contributed by atoms with E-state index in [0.717, 1.165) is 36.9 Å². The maximum Gasteiger partial charge on any atom is 0.238 e. The van der Waals surface area contributed by atoms with Gasteiger partial charge in [-0.2, -0.15) is 0 Å². The maximum absolute atomic E-state index is 12.0. The largest absolute Gasteiger partial charge is 0.394 e. The molecular formula is C16H24N2O2. The van der Waals surface area contributed by atoms with Crippen LogP contribution in [0.2, 0.25) is 0 Å². The highest BCUT2D eigenvalue weighted by atomic mass is 16.3. The van der Waals surface area contributed by atoms with Crippen molar-refractivity contribution in [1.29, 1.82) is 0 Å². The standard InChI is InChI=1S/C16H24N2O2/c1-13-7-3-4-8-14(13)18-15(20)11-17-16(12-19)9-5-2-6-10-16/h3-4,7-8,17,19H,2,5-6,9-12H2,1H3,(H,18,20). The zero-order valence-corrected chi connectivity index (χ0v) is 12.1. The predicted molar refractivity (Wildman–Crippen MR) is 80.7 cm³/mol. The first-order valence-corrected chi connectivity index (χ1v) is 7.37. The van der Waals surface area contributed by atoms with Crippen LogP contribution >= 0.6 is 0 Å². The average Bonchev–Trinajstić information content (AvgIpc) is 2.49. The number of hydrogen-bond acceptors (Lipinski definition) is 3. The number of carbonyl (C=O) groups excluding carboxylic acids is 1. The van der Waals surface area contributed by atoms with E-state index in [0.29, 0.717) is 0 Å². The van der Waals surface area contributed by atoms with Crippen molar-refractivity contribution in [3.63, 3.8) is 0 Å². The Bertz CT molecular complexity index is 454. The summed E-state index contributed by atoms with van der Waals surface area (Å²) in [7, 11) is 0. The predicted octanol–water partition coefficient (Wildman–Crippen LogP) is 2.22. The highest BCUT2D eigenvalue weighted by molar-refractivity contribution is 5.92. The van der Waals surface area contributed by atoms with Gasteiger partial charge in [0.05, 0.1) is 13.2 Å². The summed E-state index contributed by atoms with van der Waals surface area (Å²) in [5, 5.41) is 15.8. The molecule has 0 radical (unpaired) electrons. The molecule has 2 rings (SSSR count). The Hall–Kier alpha value is -1.39. The molecule has 1 saturated carbocycles. The molecule has 3 N–H and O–H groups in total. The number of amides is 1. The summed E-state index contributed by atoms with van der Waals surface area (Å²) in [4.78, 5) is 12.0. The lowest BCUT2D eigenvalue weighted by Gasteiger charge is -2.36. The second-order valence-corrected chi connectivity index (χ2v) is 5.72. The molecule has 0 aliphatic heterocycles. The van der Waals surface area contributed by atoms with Crippen molar-refractivity contribution < 1.29 is 9.90 Å². The van der Waals surface area contributed by atoms with Crippen molar-refractivity contribution >= 4 is 11.6 Å². The van der Waals surface area contributed by atoms with Crippen molar-refractivity contribution in [2.75, 3.05) is 18.5 Å². The molecule has 1 aromatic rings. The van der Waals surface area contributed by atoms with E-state index in [4.69, 9.17) is 0 Å². The molecule has 0 spiro atoms. The third-order valence-corrected chi connectivity index (χ3v) is 4.16. The van der Waals surface area contributed by atoms with Crippen LogP contribution in [0.4, 0.5) is 5.69 Å². The van der Waals surface area contributed by atoms with Crippen LogP contribution in [-0.2, 0) is 4.79 Å². The van der Waals surface area contributed by atoms with E-state index in [-0.39, 0.29) is 24.6 Å². The lowest BCUT2D eigenvalue weighted by Crippen LogP contribution is -2.52. The van der Waals surface area contributed by atoms with Crippen LogP contribution in [0.15, 0.2) is 24.3 Å². The molecule has 1 aromatic carbocycles. The van der Waals surface area contributed by atoms with Gasteiger partial charge in [-0.15, -0.1) is 0 Å². The van der Waals surface area contributed by atoms with Crippen molar-refractivity contribution in [3.05, 3.63) is 29.8 Å². The van der Waals surface area contributed by atoms with E-state index in [9.17, 15) is 9.90 Å². The molecule has 0 unspecified atom stereocenters. The number of aryl methyl sites for hydroxylation is 1. The molecule has 0 aromatic heterocycles. The first kappa shape index (κ1) is 15.0. The molecule has 110 valence electrons. The van der Waals surface area contributed by atoms with E-state index in [1.807, 2.05) is 31.2 Å². The summed E-state index contributed by atoms with van der Waals surface area (Å²) in [5.41, 5.74) is 1.64. The third-order valence-electron chi connectivity index (χ3n) is 4.16. The molecule has 1 aliphatic carbocycles. The number of aliphatic hydroxyl groups excluding tert-OH is 1. The van der Waals surface area contributed by atoms with Gasteiger partial charge < -0.3 is 15.7 Å². The second kappa shape index (κ2) is 6.86. The number of nitrogens with one attached hydrogen (secondary N) is 2. The second-order valence-electron chi connectivity index (χ2n) is 5.72. The topological polar surface area (TPSA) is 61.4 Å². The quantitative estimate of drug-likeness (QED) is 0.773. The fraction of sp³-hybridized carbons (Fsp3) is 0.562. The molecule has 0 bridgehead atoms. The average molecular weight is 276 g/mol. The van der Waals surface area contributed by atoms with Gasteiger partial charge >= 0.3 is 0 Å². The fourth-order valence-corrected chi connectivity index (χ4v) is 2.79. The summed E-state index contributed by atoms with van der Waals surface area (Å²) in [6.45, 7) is 2.32. The summed E-state index contributed by atoms with van der Waals surface area (Å²) in [6.07, 6.45) is 5.35. The van der Waals surface area contributed by atoms with Crippen LogP contribution < -0.4 is 10.6 Å². The maximum atomic E-state index is 12.0. The molecule has 0 heterocycles. The van der Waals surface area contributed by atoms with E-state index in [2.05, 4.69) is 10.6 Å². The summed E-state index contributed by atoms with van der Waals surface area (Å²) >= 11 is 0. The number of benzene rings is 1. The lowest BCUT2D eigenvalue weighted by molar-refractivity contribution is -0.116. The zero-order valence-electron chi connectivity index (χ0n) is 12.1. The number of aliphatic hydroxyl groups is 1. The van der Waals surface area contributed by atoms with Crippen molar-refractivity contribution in [3.8, 4) is 0 Å². The van der Waals surface area contributed by atoms with Crippen LogP contribution in [-0.4, -0.2) is 29.7 Å². The van der Waals surface area contributed by atoms with Crippen LogP contribution in [0, 0.1) is 6.92 Å². The summed E-state index contributed by atoms with van der Waals surface area (Å²) in [5.74, 6) is -0.0577. The Morgan fingerprint density at radius 2 is 1.95 bits per heavy atom. The molecular weight excluding hydrogens is 252 g/mol. The van der Waals surface area contributed by atoms with Gasteiger partial charge in [0.1, 0.15) is 0 Å². The van der Waals surface area contributed by atoms with Crippen LogP contribution in [0.3, 0.4) is 0 Å². The highest BCUT2D eigenvalue weighted by Crippen LogP contribution is 2.27. The normalized spacial score (nSPS) is 17.7. The van der Waals surface area contributed by atoms with E-state index in [1.54, 1.807) is 0 Å². The van der Waals surface area contributed by atoms with E-state index in [1.165, 1.54) is 6.42 Å². The zero-order chi connectivity index (χ0) is 14.4. The minimum Gasteiger partial charge on any atom is -0.394 e. The van der Waals surface area contributed by atoms with Gasteiger partial charge in [0, 0.05) is 11.2 Å². The van der Waals surface area contributed by atoms with E-state index >= 15 is 0 Å². The lowest BCUT2D eigenvalue weighted by atomic mass is 9.82. The van der Waals surface area contributed by atoms with Gasteiger partial charge in [0.15, 0.2) is 0 Å². The summed E-state index contributed by atoms with van der Waals surface area (Å²) in [6, 6.07) is 7.73. The highest BCUT2D eigenvalue weighted by Gasteiger charge is 2.31. The van der Waals surface area contributed by atoms with Crippen LogP contribution in [0.5, 0.6) is 0 Å². The molecule has 1 amide bonds. The number of carbonyl (C=O) groups is 1. The SMILES string of the molecule is Cc1ccccc1NC(=O)CNC1(CO)CCCCC1. The van der Waals surface area contributed by atoms with Gasteiger partial charge in [-0.1, -0.05) is 37.5 Å². The fourth-order valence-electron chi connectivity index (χ4n) is 2.79. The minimum absolute atomic E-state index is 0.0577. The molecule has 1 fully saturated rings. The molecule has 0 atom stereocenters. The van der Waals surface area contributed by atoms with Crippen LogP contribution in [0.1, 0.15) is 37.7 Å². The first-order valence-electron chi connectivity index (χ1n) is 7.37. The minimum atomic E-state index is -0.263. The van der Waals surface area contributed by atoms with Gasteiger partial charge in [-0.25, -0.2) is 0 Å². The summed E-state index contributed by atoms with van der Waals surface area (Å²) < 4.78 is 0. The van der Waals surface area contributed by atoms with Crippen molar-refractivity contribution in [2.24, 2.45) is 0 Å². The molecule has 1 aliphatic rings. The molecule has 20 heavy (non-hydrogen) atoms. The van der Waals surface area contributed by atoms with Crippen LogP contribution in [0.25, 0.3) is 0 Å². The number of anilines is 1. The molecule has 4 nitrogen and oxygen atoms in total. The number of para-hydroxylation sites is 1. The van der Waals surface area contributed by atoms with Gasteiger partial charge in [0.2, 0.25) is 5.91 Å². The van der Waals surface area contributed by atoms with Crippen molar-refractivity contribution in [1.82, 2.24) is 5.32 Å². The number of rotatable bonds is 5. The Kier molecular flexibility index (Phi) is 5.15. The molecule has 0 saturated heterocycles. The molecule has 4 heteroatoms. The Balaban J connectivity index is 1.87. The van der Waals surface area contributed by atoms with Gasteiger partial charge in [0.25, 0.3) is 0 Å². The van der Waals surface area contributed by atoms with Gasteiger partial charge in [-0.3, -0.25) is 4.79 Å². The first-order chi connectivity index (χ1) is 9.65. The van der Waals surface area contributed by atoms with E-state index < -0.39 is 0 Å². The third kappa shape index (κ3) is 3.81. The van der Waals surface area contributed by atoms with Gasteiger partial charge in [-0.05, 0) is 31.4 Å². The Morgan fingerprint density at radius 3 is 2.60 bits per heavy atom. The smallest absolute Gasteiger partial charge is 0.238 e. The monoisotopic (exact) mass is 276 g/mol. The number of hydrogen-bond donors (Lipinski definition) is 3. The Labute approximate surface area is 120 Å².